The van der Waals surface area contributed by atoms with Crippen LogP contribution in [0.3, 0.4) is 0 Å². The zero-order valence-electron chi connectivity index (χ0n) is 11.8. The molecule has 1 N–H and O–H groups in total. The summed E-state index contributed by atoms with van der Waals surface area (Å²) in [4.78, 5) is 24.0. The van der Waals surface area contributed by atoms with E-state index in [-0.39, 0.29) is 31.9 Å². The molecule has 1 aliphatic heterocycles. The first-order chi connectivity index (χ1) is 10.3. The molecule has 0 bridgehead atoms. The first kappa shape index (κ1) is 14.6. The van der Waals surface area contributed by atoms with Crippen molar-refractivity contribution in [2.75, 3.05) is 14.1 Å². The Morgan fingerprint density at radius 3 is 2.18 bits per heavy atom. The van der Waals surface area contributed by atoms with Gasteiger partial charge in [-0.3, -0.25) is 14.8 Å². The van der Waals surface area contributed by atoms with Crippen LogP contribution >= 0.6 is 0 Å². The van der Waals surface area contributed by atoms with Crippen molar-refractivity contribution in [1.29, 1.82) is 0 Å². The van der Waals surface area contributed by atoms with Crippen molar-refractivity contribution in [3.8, 4) is 0 Å². The van der Waals surface area contributed by atoms with Crippen molar-refractivity contribution in [3.63, 3.8) is 0 Å². The number of carbonyl (C=O) groups excluding carboxylic acids is 2. The minimum Gasteiger partial charge on any atom is -0.278 e. The smallest absolute Gasteiger partial charge is 0.278 e. The largest absolute Gasteiger partial charge is 0.285 e. The summed E-state index contributed by atoms with van der Waals surface area (Å²) in [5.74, 6) is -1.75. The van der Waals surface area contributed by atoms with E-state index in [0.717, 1.165) is 4.31 Å². The molecular formula is C14H12N2O5S. The van der Waals surface area contributed by atoms with Gasteiger partial charge in [0, 0.05) is 24.9 Å². The third-order valence-corrected chi connectivity index (χ3v) is 5.48. The lowest BCUT2D eigenvalue weighted by Crippen LogP contribution is -2.37. The van der Waals surface area contributed by atoms with Crippen molar-refractivity contribution in [3.05, 3.63) is 41.5 Å². The van der Waals surface area contributed by atoms with Crippen LogP contribution in [0.5, 0.6) is 0 Å². The van der Waals surface area contributed by atoms with Gasteiger partial charge in [-0.05, 0) is 18.2 Å². The minimum absolute atomic E-state index is 0.00471. The highest BCUT2D eigenvalue weighted by Gasteiger charge is 2.34. The van der Waals surface area contributed by atoms with Gasteiger partial charge in [-0.15, -0.1) is 5.06 Å². The molecule has 1 heterocycles. The van der Waals surface area contributed by atoms with Crippen molar-refractivity contribution in [2.24, 2.45) is 0 Å². The van der Waals surface area contributed by atoms with E-state index in [1.54, 1.807) is 0 Å². The molecule has 114 valence electrons. The van der Waals surface area contributed by atoms with Crippen LogP contribution in [-0.4, -0.2) is 48.9 Å². The highest BCUT2D eigenvalue weighted by Crippen LogP contribution is 2.34. The Labute approximate surface area is 126 Å². The van der Waals surface area contributed by atoms with E-state index in [1.807, 2.05) is 0 Å². The number of imide groups is 1. The summed E-state index contributed by atoms with van der Waals surface area (Å²) in [6, 6.07) is 7.10. The molecule has 8 heteroatoms. The number of hydrogen-bond donors (Lipinski definition) is 1. The summed E-state index contributed by atoms with van der Waals surface area (Å²) < 4.78 is 25.9. The Morgan fingerprint density at radius 2 is 1.59 bits per heavy atom. The Balaban J connectivity index is 2.47. The number of amides is 2. The average molecular weight is 320 g/mol. The fraction of sp³-hybridized carbons (Fsp3) is 0.143. The van der Waals surface area contributed by atoms with Gasteiger partial charge < -0.3 is 0 Å². The van der Waals surface area contributed by atoms with Crippen molar-refractivity contribution >= 4 is 32.6 Å². The number of hydroxylamine groups is 2. The van der Waals surface area contributed by atoms with E-state index in [2.05, 4.69) is 0 Å². The topological polar surface area (TPSA) is 95.0 Å². The van der Waals surface area contributed by atoms with Crippen LogP contribution in [0.25, 0.3) is 10.8 Å². The van der Waals surface area contributed by atoms with Crippen LogP contribution in [0.1, 0.15) is 20.7 Å². The predicted molar refractivity (Wildman–Crippen MR) is 77.1 cm³/mol. The molecule has 2 aromatic rings. The lowest BCUT2D eigenvalue weighted by atomic mass is 9.95. The maximum atomic E-state index is 12.4. The third kappa shape index (κ3) is 1.78. The highest BCUT2D eigenvalue weighted by molar-refractivity contribution is 7.89. The molecule has 0 atom stereocenters. The van der Waals surface area contributed by atoms with Gasteiger partial charge in [0.1, 0.15) is 0 Å². The monoisotopic (exact) mass is 320 g/mol. The van der Waals surface area contributed by atoms with Crippen LogP contribution in [0, 0.1) is 0 Å². The summed E-state index contributed by atoms with van der Waals surface area (Å²) in [7, 11) is -0.936. The lowest BCUT2D eigenvalue weighted by molar-refractivity contribution is -0.0377. The Hall–Kier alpha value is -2.29. The normalized spacial score (nSPS) is 15.0. The first-order valence-corrected chi connectivity index (χ1v) is 7.76. The third-order valence-electron chi connectivity index (χ3n) is 3.60. The van der Waals surface area contributed by atoms with Crippen LogP contribution in [-0.2, 0) is 10.0 Å². The summed E-state index contributed by atoms with van der Waals surface area (Å²) >= 11 is 0. The van der Waals surface area contributed by atoms with Gasteiger partial charge in [0.05, 0.1) is 16.0 Å². The molecule has 0 radical (unpaired) electrons. The number of benzene rings is 2. The van der Waals surface area contributed by atoms with Gasteiger partial charge in [-0.2, -0.15) is 0 Å². The van der Waals surface area contributed by atoms with E-state index in [0.29, 0.717) is 0 Å². The van der Waals surface area contributed by atoms with E-state index in [4.69, 9.17) is 0 Å². The molecule has 3 rings (SSSR count). The fourth-order valence-corrected chi connectivity index (χ4v) is 3.56. The molecule has 0 fully saturated rings. The van der Waals surface area contributed by atoms with E-state index < -0.39 is 21.8 Å². The van der Waals surface area contributed by atoms with E-state index >= 15 is 0 Å². The minimum atomic E-state index is -3.73. The van der Waals surface area contributed by atoms with Crippen molar-refractivity contribution in [2.45, 2.75) is 4.90 Å². The van der Waals surface area contributed by atoms with E-state index in [1.165, 1.54) is 44.4 Å². The molecule has 0 spiro atoms. The highest BCUT2D eigenvalue weighted by atomic mass is 32.2. The zero-order valence-corrected chi connectivity index (χ0v) is 12.6. The van der Waals surface area contributed by atoms with Gasteiger partial charge in [0.2, 0.25) is 10.0 Å². The molecule has 0 unspecified atom stereocenters. The van der Waals surface area contributed by atoms with Gasteiger partial charge in [-0.1, -0.05) is 12.1 Å². The predicted octanol–water partition coefficient (Wildman–Crippen LogP) is 1.08. The van der Waals surface area contributed by atoms with Crippen molar-refractivity contribution < 1.29 is 23.2 Å². The molecule has 22 heavy (non-hydrogen) atoms. The molecule has 2 amide bonds. The van der Waals surface area contributed by atoms with Gasteiger partial charge in [0.25, 0.3) is 11.8 Å². The lowest BCUT2D eigenvalue weighted by Gasteiger charge is -2.23. The molecule has 0 aliphatic carbocycles. The Kier molecular flexibility index (Phi) is 3.06. The van der Waals surface area contributed by atoms with E-state index in [9.17, 15) is 23.2 Å². The van der Waals surface area contributed by atoms with Crippen molar-refractivity contribution in [1.82, 2.24) is 9.37 Å². The number of sulfonamides is 1. The molecule has 1 aliphatic rings. The Bertz CT molecular complexity index is 911. The first-order valence-electron chi connectivity index (χ1n) is 6.32. The SMILES string of the molecule is CN(C)S(=O)(=O)c1ccc2c3c(cccc13)C(=O)N(O)C2=O. The number of hydrogen-bond acceptors (Lipinski definition) is 5. The fourth-order valence-electron chi connectivity index (χ4n) is 2.48. The summed E-state index contributed by atoms with van der Waals surface area (Å²) in [5.41, 5.74) is 0.177. The second-order valence-corrected chi connectivity index (χ2v) is 7.17. The zero-order chi connectivity index (χ0) is 16.2. The maximum absolute atomic E-state index is 12.4. The second-order valence-electron chi connectivity index (χ2n) is 5.05. The number of rotatable bonds is 2. The maximum Gasteiger partial charge on any atom is 0.285 e. The molecule has 0 aromatic heterocycles. The molecule has 2 aromatic carbocycles. The van der Waals surface area contributed by atoms with Crippen LogP contribution in [0.2, 0.25) is 0 Å². The van der Waals surface area contributed by atoms with Crippen LogP contribution in [0.15, 0.2) is 35.2 Å². The molecule has 7 nitrogen and oxygen atoms in total. The molecular weight excluding hydrogens is 308 g/mol. The Morgan fingerprint density at radius 1 is 1.00 bits per heavy atom. The van der Waals surface area contributed by atoms with Crippen LogP contribution < -0.4 is 0 Å². The van der Waals surface area contributed by atoms with Crippen LogP contribution in [0.4, 0.5) is 0 Å². The quantitative estimate of drug-likeness (QED) is 0.660. The average Bonchev–Trinajstić information content (AvgIpc) is 2.49. The van der Waals surface area contributed by atoms with Gasteiger partial charge >= 0.3 is 0 Å². The molecule has 0 saturated heterocycles. The summed E-state index contributed by atoms with van der Waals surface area (Å²) in [6.07, 6.45) is 0. The van der Waals surface area contributed by atoms with Gasteiger partial charge in [-0.25, -0.2) is 12.7 Å². The standard InChI is InChI=1S/C14H12N2O5S/c1-15(2)22(20,21)11-7-6-10-12-8(11)4-3-5-9(12)13(17)16(19)14(10)18/h3-7,19H,1-2H3. The molecule has 0 saturated carbocycles. The second kappa shape index (κ2) is 4.60. The van der Waals surface area contributed by atoms with Gasteiger partial charge in [0.15, 0.2) is 0 Å². The summed E-state index contributed by atoms with van der Waals surface area (Å²) in [6.45, 7) is 0. The number of carbonyl (C=O) groups is 2. The summed E-state index contributed by atoms with van der Waals surface area (Å²) in [5, 5.41) is 10.1. The number of nitrogens with zero attached hydrogens (tertiary/aromatic N) is 2.